The molecular weight excluding hydrogens is 537 g/mol. The summed E-state index contributed by atoms with van der Waals surface area (Å²) in [4.78, 5) is 28.3. The second kappa shape index (κ2) is 12.6. The van der Waals surface area contributed by atoms with Crippen molar-refractivity contribution in [3.05, 3.63) is 57.3 Å². The zero-order chi connectivity index (χ0) is 27.3. The van der Waals surface area contributed by atoms with E-state index in [4.69, 9.17) is 11.6 Å². The number of benzene rings is 2. The van der Waals surface area contributed by atoms with Crippen LogP contribution in [0.25, 0.3) is 22.0 Å². The molecular formula is C28H30ClF3N2O3S. The van der Waals surface area contributed by atoms with E-state index in [9.17, 15) is 27.9 Å². The number of alkyl halides is 3. The topological polar surface area (TPSA) is 82.2 Å². The van der Waals surface area contributed by atoms with Crippen LogP contribution in [-0.2, 0) is 11.0 Å². The first-order chi connectivity index (χ1) is 18.1. The number of ketones is 1. The number of hydrogen-bond donors (Lipinski definition) is 3. The molecule has 0 spiro atoms. The molecule has 1 aromatic heterocycles. The Morgan fingerprint density at radius 2 is 1.89 bits per heavy atom. The first-order valence-corrected chi connectivity index (χ1v) is 14.1. The van der Waals surface area contributed by atoms with Gasteiger partial charge in [0.1, 0.15) is 11.5 Å². The highest BCUT2D eigenvalue weighted by Gasteiger charge is 2.31. The average Bonchev–Trinajstić information content (AvgIpc) is 2.88. The average molecular weight is 567 g/mol. The van der Waals surface area contributed by atoms with Crippen molar-refractivity contribution < 1.29 is 23.1 Å². The monoisotopic (exact) mass is 566 g/mol. The van der Waals surface area contributed by atoms with Crippen LogP contribution < -0.4 is 10.9 Å². The number of phenolic OH excluding ortho intramolecular Hbond substituents is 1. The molecule has 1 aliphatic rings. The van der Waals surface area contributed by atoms with E-state index in [2.05, 4.69) is 10.3 Å². The first kappa shape index (κ1) is 28.5. The molecule has 0 atom stereocenters. The number of Topliss-reactive ketones (excluding diaryl/α,β-unsaturated/α-hetero) is 1. The molecule has 0 radical (unpaired) electrons. The number of carbonyl (C=O) groups is 1. The maximum atomic E-state index is 13.5. The summed E-state index contributed by atoms with van der Waals surface area (Å²) < 4.78 is 40.5. The Hall–Kier alpha value is -2.49. The fraction of sp³-hybridized carbons (Fsp3) is 0.429. The Balaban J connectivity index is 1.54. The molecule has 0 unspecified atom stereocenters. The molecule has 0 amide bonds. The van der Waals surface area contributed by atoms with Gasteiger partial charge in [0.25, 0.3) is 5.56 Å². The third-order valence-corrected chi connectivity index (χ3v) is 8.25. The minimum absolute atomic E-state index is 0.0233. The van der Waals surface area contributed by atoms with Gasteiger partial charge in [0.05, 0.1) is 16.2 Å². The van der Waals surface area contributed by atoms with Crippen molar-refractivity contribution in [1.82, 2.24) is 10.3 Å². The van der Waals surface area contributed by atoms with Crippen LogP contribution in [0.4, 0.5) is 13.2 Å². The van der Waals surface area contributed by atoms with E-state index in [0.717, 1.165) is 37.0 Å². The van der Waals surface area contributed by atoms with Crippen molar-refractivity contribution in [2.75, 3.05) is 18.8 Å². The quantitative estimate of drug-likeness (QED) is 0.179. The summed E-state index contributed by atoms with van der Waals surface area (Å²) in [6.45, 7) is 1.69. The fourth-order valence-electron chi connectivity index (χ4n) is 4.90. The molecule has 3 N–H and O–H groups in total. The Morgan fingerprint density at radius 3 is 2.63 bits per heavy atom. The number of aromatic amines is 1. The lowest BCUT2D eigenvalue weighted by Gasteiger charge is -2.21. The van der Waals surface area contributed by atoms with Crippen LogP contribution in [0, 0.1) is 5.92 Å². The van der Waals surface area contributed by atoms with Crippen LogP contribution >= 0.6 is 23.4 Å². The molecule has 38 heavy (non-hydrogen) atoms. The summed E-state index contributed by atoms with van der Waals surface area (Å²) in [5.41, 5.74) is -1.04. The van der Waals surface area contributed by atoms with E-state index in [0.29, 0.717) is 18.8 Å². The molecule has 1 fully saturated rings. The highest BCUT2D eigenvalue weighted by Crippen LogP contribution is 2.42. The lowest BCUT2D eigenvalue weighted by atomic mass is 9.89. The number of fused-ring (bicyclic) bond motifs is 1. The zero-order valence-electron chi connectivity index (χ0n) is 20.8. The number of aromatic hydroxyl groups is 1. The molecule has 1 heterocycles. The molecule has 1 aliphatic carbocycles. The minimum atomic E-state index is -4.60. The molecule has 204 valence electrons. The maximum Gasteiger partial charge on any atom is 0.416 e. The van der Waals surface area contributed by atoms with Crippen LogP contribution in [0.15, 0.2) is 46.1 Å². The lowest BCUT2D eigenvalue weighted by molar-refractivity contribution is -0.137. The van der Waals surface area contributed by atoms with E-state index >= 15 is 0 Å². The van der Waals surface area contributed by atoms with Crippen LogP contribution in [0.2, 0.25) is 5.02 Å². The third kappa shape index (κ3) is 7.12. The molecule has 5 nitrogen and oxygen atoms in total. The van der Waals surface area contributed by atoms with Gasteiger partial charge in [-0.1, -0.05) is 30.9 Å². The number of rotatable bonds is 10. The number of carbonyl (C=O) groups excluding carboxylic acids is 1. The van der Waals surface area contributed by atoms with Crippen LogP contribution in [-0.4, -0.2) is 34.7 Å². The van der Waals surface area contributed by atoms with Crippen LogP contribution in [0.3, 0.4) is 0 Å². The van der Waals surface area contributed by atoms with Crippen molar-refractivity contribution in [1.29, 1.82) is 0 Å². The number of H-pyrrole nitrogens is 1. The standard InChI is InChI=1S/C28H30ClF3N2O3S/c29-19-9-11-24(36)22(14-19)25-21-13-18(28(30,31)32)8-10-23(21)34-27(37)26(25)38-16-20(35)7-4-12-33-15-17-5-2-1-3-6-17/h8-11,13-14,17,33,36H,1-7,12,15-16H2,(H,34,37). The molecule has 0 saturated heterocycles. The largest absolute Gasteiger partial charge is 0.507 e. The van der Waals surface area contributed by atoms with Crippen molar-refractivity contribution in [2.24, 2.45) is 5.92 Å². The van der Waals surface area contributed by atoms with E-state index in [1.165, 1.54) is 56.4 Å². The van der Waals surface area contributed by atoms with E-state index in [1.54, 1.807) is 0 Å². The van der Waals surface area contributed by atoms with Crippen molar-refractivity contribution in [3.8, 4) is 16.9 Å². The number of nitrogens with one attached hydrogen (secondary N) is 2. The van der Waals surface area contributed by atoms with Gasteiger partial charge in [0.15, 0.2) is 0 Å². The van der Waals surface area contributed by atoms with E-state index in [1.807, 2.05) is 0 Å². The summed E-state index contributed by atoms with van der Waals surface area (Å²) in [7, 11) is 0. The second-order valence-electron chi connectivity index (χ2n) is 9.72. The Bertz CT molecular complexity index is 1350. The number of aromatic nitrogens is 1. The third-order valence-electron chi connectivity index (χ3n) is 6.87. The van der Waals surface area contributed by atoms with Gasteiger partial charge >= 0.3 is 6.18 Å². The summed E-state index contributed by atoms with van der Waals surface area (Å²) in [6, 6.07) is 7.16. The van der Waals surface area contributed by atoms with Gasteiger partial charge in [0.2, 0.25) is 0 Å². The molecule has 1 saturated carbocycles. The summed E-state index contributed by atoms with van der Waals surface area (Å²) in [5.74, 6) is 0.369. The number of pyridine rings is 1. The molecule has 2 aromatic carbocycles. The minimum Gasteiger partial charge on any atom is -0.507 e. The highest BCUT2D eigenvalue weighted by molar-refractivity contribution is 8.00. The van der Waals surface area contributed by atoms with Gasteiger partial charge in [0, 0.05) is 33.5 Å². The molecule has 0 aliphatic heterocycles. The molecule has 3 aromatic rings. The molecule has 0 bridgehead atoms. The van der Waals surface area contributed by atoms with Gasteiger partial charge in [-0.3, -0.25) is 9.59 Å². The molecule has 4 rings (SSSR count). The van der Waals surface area contributed by atoms with Gasteiger partial charge in [-0.25, -0.2) is 0 Å². The highest BCUT2D eigenvalue weighted by atomic mass is 35.5. The smallest absolute Gasteiger partial charge is 0.416 e. The van der Waals surface area contributed by atoms with Gasteiger partial charge in [-0.05, 0) is 74.7 Å². The van der Waals surface area contributed by atoms with Gasteiger partial charge in [-0.15, -0.1) is 11.8 Å². The Morgan fingerprint density at radius 1 is 1.13 bits per heavy atom. The summed E-state index contributed by atoms with van der Waals surface area (Å²) in [5, 5.41) is 14.3. The second-order valence-corrected chi connectivity index (χ2v) is 11.1. The number of phenols is 1. The SMILES string of the molecule is O=C(CCCNCC1CCCCC1)CSc1c(-c2cc(Cl)ccc2O)c2cc(C(F)(F)F)ccc2[nH]c1=O. The van der Waals surface area contributed by atoms with Crippen molar-refractivity contribution >= 4 is 40.0 Å². The van der Waals surface area contributed by atoms with Crippen LogP contribution in [0.1, 0.15) is 50.5 Å². The number of hydrogen-bond acceptors (Lipinski definition) is 5. The van der Waals surface area contributed by atoms with Crippen LogP contribution in [0.5, 0.6) is 5.75 Å². The first-order valence-electron chi connectivity index (χ1n) is 12.7. The normalized spacial score (nSPS) is 14.7. The van der Waals surface area contributed by atoms with E-state index < -0.39 is 17.3 Å². The fourth-order valence-corrected chi connectivity index (χ4v) is 6.07. The van der Waals surface area contributed by atoms with Crippen molar-refractivity contribution in [2.45, 2.75) is 56.0 Å². The van der Waals surface area contributed by atoms with Gasteiger partial charge in [-0.2, -0.15) is 13.2 Å². The van der Waals surface area contributed by atoms with Crippen molar-refractivity contribution in [3.63, 3.8) is 0 Å². The number of thioether (sulfide) groups is 1. The Labute approximate surface area is 228 Å². The summed E-state index contributed by atoms with van der Waals surface area (Å²) in [6.07, 6.45) is 2.75. The number of halogens is 4. The predicted octanol–water partition coefficient (Wildman–Crippen LogP) is 7.18. The predicted molar refractivity (Wildman–Crippen MR) is 146 cm³/mol. The Kier molecular flexibility index (Phi) is 9.44. The van der Waals surface area contributed by atoms with Gasteiger partial charge < -0.3 is 15.4 Å². The lowest BCUT2D eigenvalue weighted by Crippen LogP contribution is -2.25. The molecule has 10 heteroatoms. The van der Waals surface area contributed by atoms with E-state index in [-0.39, 0.29) is 49.2 Å². The maximum absolute atomic E-state index is 13.5. The summed E-state index contributed by atoms with van der Waals surface area (Å²) >= 11 is 7.09. The zero-order valence-corrected chi connectivity index (χ0v) is 22.4.